The van der Waals surface area contributed by atoms with Crippen molar-refractivity contribution in [2.75, 3.05) is 0 Å². The minimum atomic E-state index is -0.0487. The van der Waals surface area contributed by atoms with E-state index in [-0.39, 0.29) is 6.10 Å². The molecular formula is C11H12N2O. The van der Waals surface area contributed by atoms with Gasteiger partial charge in [-0.05, 0) is 19.1 Å². The molecule has 14 heavy (non-hydrogen) atoms. The van der Waals surface area contributed by atoms with Gasteiger partial charge in [0.05, 0.1) is 0 Å². The molecule has 0 saturated heterocycles. The molecule has 0 aliphatic carbocycles. The fourth-order valence-electron chi connectivity index (χ4n) is 1.26. The number of ether oxygens (including phenoxy) is 1. The quantitative estimate of drug-likeness (QED) is 0.803. The largest absolute Gasteiger partial charge is 0.483 e. The molecule has 1 heterocycles. The lowest BCUT2D eigenvalue weighted by atomic mass is 10.3. The van der Waals surface area contributed by atoms with E-state index in [9.17, 15) is 0 Å². The molecule has 1 unspecified atom stereocenters. The highest BCUT2D eigenvalue weighted by atomic mass is 16.5. The number of nitrogens with one attached hydrogen (secondary N) is 1. The van der Waals surface area contributed by atoms with Crippen molar-refractivity contribution in [3.05, 3.63) is 48.5 Å². The van der Waals surface area contributed by atoms with Gasteiger partial charge >= 0.3 is 0 Å². The summed E-state index contributed by atoms with van der Waals surface area (Å²) in [7, 11) is 0. The van der Waals surface area contributed by atoms with Crippen LogP contribution in [0.5, 0.6) is 5.75 Å². The minimum Gasteiger partial charge on any atom is -0.483 e. The lowest BCUT2D eigenvalue weighted by molar-refractivity contribution is 0.217. The van der Waals surface area contributed by atoms with Crippen LogP contribution in [0.25, 0.3) is 0 Å². The molecule has 3 heteroatoms. The number of rotatable bonds is 3. The third-order valence-electron chi connectivity index (χ3n) is 1.96. The van der Waals surface area contributed by atoms with Crippen LogP contribution in [0.3, 0.4) is 0 Å². The van der Waals surface area contributed by atoms with E-state index in [1.807, 2.05) is 37.3 Å². The SMILES string of the molecule is CC(Oc1ccccc1)c1ncc[nH]1. The lowest BCUT2D eigenvalue weighted by Gasteiger charge is -2.11. The molecule has 0 aliphatic heterocycles. The molecule has 0 amide bonds. The number of H-pyrrole nitrogens is 1. The van der Waals surface area contributed by atoms with Crippen LogP contribution in [-0.4, -0.2) is 9.97 Å². The summed E-state index contributed by atoms with van der Waals surface area (Å²) in [6.45, 7) is 1.96. The Bertz CT molecular complexity index is 369. The van der Waals surface area contributed by atoms with E-state index < -0.39 is 0 Å². The van der Waals surface area contributed by atoms with Crippen LogP contribution in [-0.2, 0) is 0 Å². The molecule has 72 valence electrons. The summed E-state index contributed by atoms with van der Waals surface area (Å²) < 4.78 is 5.66. The second-order valence-corrected chi connectivity index (χ2v) is 3.05. The summed E-state index contributed by atoms with van der Waals surface area (Å²) in [5.74, 6) is 1.70. The first kappa shape index (κ1) is 8.81. The third-order valence-corrected chi connectivity index (χ3v) is 1.96. The van der Waals surface area contributed by atoms with Gasteiger partial charge in [-0.15, -0.1) is 0 Å². The second-order valence-electron chi connectivity index (χ2n) is 3.05. The smallest absolute Gasteiger partial charge is 0.153 e. The zero-order chi connectivity index (χ0) is 9.80. The molecule has 0 aliphatic rings. The first-order chi connectivity index (χ1) is 6.86. The van der Waals surface area contributed by atoms with Gasteiger partial charge in [0.25, 0.3) is 0 Å². The summed E-state index contributed by atoms with van der Waals surface area (Å²) in [6, 6.07) is 9.72. The first-order valence-corrected chi connectivity index (χ1v) is 4.57. The Kier molecular flexibility index (Phi) is 2.49. The molecule has 0 saturated carbocycles. The summed E-state index contributed by atoms with van der Waals surface area (Å²) in [6.07, 6.45) is 3.47. The highest BCUT2D eigenvalue weighted by Gasteiger charge is 2.08. The van der Waals surface area contributed by atoms with Gasteiger partial charge in [-0.3, -0.25) is 0 Å². The van der Waals surface area contributed by atoms with E-state index in [1.54, 1.807) is 12.4 Å². The van der Waals surface area contributed by atoms with Gasteiger partial charge in [0, 0.05) is 12.4 Å². The van der Waals surface area contributed by atoms with Crippen molar-refractivity contribution in [1.29, 1.82) is 0 Å². The Labute approximate surface area is 82.8 Å². The van der Waals surface area contributed by atoms with Gasteiger partial charge in [0.1, 0.15) is 11.6 Å². The summed E-state index contributed by atoms with van der Waals surface area (Å²) >= 11 is 0. The van der Waals surface area contributed by atoms with Crippen molar-refractivity contribution in [2.45, 2.75) is 13.0 Å². The molecule has 0 radical (unpaired) electrons. The van der Waals surface area contributed by atoms with Crippen molar-refractivity contribution in [3.63, 3.8) is 0 Å². The number of aromatic amines is 1. The van der Waals surface area contributed by atoms with Crippen molar-refractivity contribution in [2.24, 2.45) is 0 Å². The molecule has 1 atom stereocenters. The van der Waals surface area contributed by atoms with Crippen LogP contribution >= 0.6 is 0 Å². The van der Waals surface area contributed by atoms with Crippen LogP contribution < -0.4 is 4.74 Å². The average Bonchev–Trinajstić information content (AvgIpc) is 2.72. The highest BCUT2D eigenvalue weighted by molar-refractivity contribution is 5.21. The maximum absolute atomic E-state index is 5.66. The Hall–Kier alpha value is -1.77. The van der Waals surface area contributed by atoms with Crippen molar-refractivity contribution in [1.82, 2.24) is 9.97 Å². The Balaban J connectivity index is 2.06. The number of hydrogen-bond acceptors (Lipinski definition) is 2. The molecule has 2 aromatic rings. The standard InChI is InChI=1S/C11H12N2O/c1-9(11-12-7-8-13-11)14-10-5-3-2-4-6-10/h2-9H,1H3,(H,12,13). The van der Waals surface area contributed by atoms with Gasteiger partial charge in [-0.1, -0.05) is 18.2 Å². The maximum Gasteiger partial charge on any atom is 0.153 e. The fraction of sp³-hybridized carbons (Fsp3) is 0.182. The van der Waals surface area contributed by atoms with E-state index in [0.29, 0.717) is 0 Å². The molecule has 1 aromatic heterocycles. The Morgan fingerprint density at radius 1 is 1.29 bits per heavy atom. The number of imidazole rings is 1. The van der Waals surface area contributed by atoms with Crippen molar-refractivity contribution >= 4 is 0 Å². The topological polar surface area (TPSA) is 37.9 Å². The summed E-state index contributed by atoms with van der Waals surface area (Å²) in [4.78, 5) is 7.15. The molecule has 1 N–H and O–H groups in total. The molecule has 0 fully saturated rings. The number of nitrogens with zero attached hydrogens (tertiary/aromatic N) is 1. The Morgan fingerprint density at radius 3 is 2.71 bits per heavy atom. The lowest BCUT2D eigenvalue weighted by Crippen LogP contribution is -2.04. The number of hydrogen-bond donors (Lipinski definition) is 1. The van der Waals surface area contributed by atoms with E-state index in [0.717, 1.165) is 11.6 Å². The molecule has 0 spiro atoms. The van der Waals surface area contributed by atoms with Gasteiger partial charge in [-0.2, -0.15) is 0 Å². The molecule has 2 rings (SSSR count). The van der Waals surface area contributed by atoms with Crippen LogP contribution in [0.15, 0.2) is 42.7 Å². The molecule has 0 bridgehead atoms. The molecular weight excluding hydrogens is 176 g/mol. The van der Waals surface area contributed by atoms with E-state index >= 15 is 0 Å². The van der Waals surface area contributed by atoms with Gasteiger partial charge < -0.3 is 9.72 Å². The first-order valence-electron chi connectivity index (χ1n) is 4.57. The predicted molar refractivity (Wildman–Crippen MR) is 54.1 cm³/mol. The predicted octanol–water partition coefficient (Wildman–Crippen LogP) is 2.55. The van der Waals surface area contributed by atoms with E-state index in [1.165, 1.54) is 0 Å². The maximum atomic E-state index is 5.66. The zero-order valence-corrected chi connectivity index (χ0v) is 7.97. The van der Waals surface area contributed by atoms with Crippen LogP contribution in [0, 0.1) is 0 Å². The molecule has 1 aromatic carbocycles. The summed E-state index contributed by atoms with van der Waals surface area (Å²) in [5.41, 5.74) is 0. The van der Waals surface area contributed by atoms with Crippen LogP contribution in [0.2, 0.25) is 0 Å². The van der Waals surface area contributed by atoms with Crippen LogP contribution in [0.1, 0.15) is 18.9 Å². The minimum absolute atomic E-state index is 0.0487. The number of para-hydroxylation sites is 1. The second kappa shape index (κ2) is 3.96. The average molecular weight is 188 g/mol. The fourth-order valence-corrected chi connectivity index (χ4v) is 1.26. The van der Waals surface area contributed by atoms with Crippen molar-refractivity contribution in [3.8, 4) is 5.75 Å². The Morgan fingerprint density at radius 2 is 2.07 bits per heavy atom. The highest BCUT2D eigenvalue weighted by Crippen LogP contribution is 2.17. The van der Waals surface area contributed by atoms with Gasteiger partial charge in [0.15, 0.2) is 6.10 Å². The number of aromatic nitrogens is 2. The molecule has 3 nitrogen and oxygen atoms in total. The van der Waals surface area contributed by atoms with Gasteiger partial charge in [0.2, 0.25) is 0 Å². The number of benzene rings is 1. The van der Waals surface area contributed by atoms with E-state index in [2.05, 4.69) is 9.97 Å². The monoisotopic (exact) mass is 188 g/mol. The third kappa shape index (κ3) is 1.93. The normalized spacial score (nSPS) is 12.4. The summed E-state index contributed by atoms with van der Waals surface area (Å²) in [5, 5.41) is 0. The van der Waals surface area contributed by atoms with E-state index in [4.69, 9.17) is 4.74 Å². The van der Waals surface area contributed by atoms with Crippen molar-refractivity contribution < 1.29 is 4.74 Å². The van der Waals surface area contributed by atoms with Crippen LogP contribution in [0.4, 0.5) is 0 Å². The van der Waals surface area contributed by atoms with Gasteiger partial charge in [-0.25, -0.2) is 4.98 Å². The zero-order valence-electron chi connectivity index (χ0n) is 7.97.